The van der Waals surface area contributed by atoms with Crippen molar-refractivity contribution in [2.45, 2.75) is 76.6 Å². The molecule has 2 aromatic rings. The molecule has 10 atom stereocenters. The van der Waals surface area contributed by atoms with Crippen molar-refractivity contribution in [2.75, 3.05) is 0 Å². The largest absolute Gasteiger partial charge is 0.386 e. The number of aliphatic hydroxyl groups is 1. The van der Waals surface area contributed by atoms with E-state index < -0.39 is 11.8 Å². The fourth-order valence-electron chi connectivity index (χ4n) is 9.53. The van der Waals surface area contributed by atoms with Crippen LogP contribution in [0.3, 0.4) is 0 Å². The van der Waals surface area contributed by atoms with Gasteiger partial charge in [0.05, 0.1) is 12.7 Å². The standard InChI is InChI=1S/C27H34FN3O2/c1-26-10-8-15-16-9-11-27(33)24(25(27)28)18(16)5-4-17(15)19(26)6-7-20(26)23(32)14-31-13-22-21(30-31)3-2-12-29-22/h2-3,12-13,15-20,24-25,33H,4-11,14H2,1H3/t15-,16-,17-,18+,19+,20-,24?,25?,26+,27-/m1/s1. The van der Waals surface area contributed by atoms with E-state index in [1.807, 2.05) is 18.3 Å². The average molecular weight is 452 g/mol. The third kappa shape index (κ3) is 2.76. The number of carbonyl (C=O) groups is 1. The highest BCUT2D eigenvalue weighted by molar-refractivity contribution is 5.82. The van der Waals surface area contributed by atoms with Gasteiger partial charge in [-0.05, 0) is 98.5 Å². The zero-order chi connectivity index (χ0) is 22.5. The molecule has 0 amide bonds. The fourth-order valence-corrected chi connectivity index (χ4v) is 9.53. The number of nitrogens with zero attached hydrogens (tertiary/aromatic N) is 3. The van der Waals surface area contributed by atoms with Crippen LogP contribution in [-0.2, 0) is 11.3 Å². The Kier molecular flexibility index (Phi) is 4.27. The van der Waals surface area contributed by atoms with Crippen LogP contribution < -0.4 is 0 Å². The SMILES string of the molecule is C[C@]12CC[C@@H]3[C@H]4CC[C@]5(O)C(F)C5[C@H]4CC[C@H]3[C@@H]1CC[C@@H]2C(=O)Cn1cc2ncccc2n1. The van der Waals surface area contributed by atoms with Crippen molar-refractivity contribution in [1.82, 2.24) is 14.8 Å². The Morgan fingerprint density at radius 2 is 1.88 bits per heavy atom. The number of rotatable bonds is 3. The summed E-state index contributed by atoms with van der Waals surface area (Å²) in [6.07, 6.45) is 10.9. The number of ketones is 1. The summed E-state index contributed by atoms with van der Waals surface area (Å²) in [5, 5.41) is 15.1. The Hall–Kier alpha value is -1.82. The van der Waals surface area contributed by atoms with Gasteiger partial charge in [0.15, 0.2) is 5.78 Å². The third-order valence-electron chi connectivity index (χ3n) is 11.1. The highest BCUT2D eigenvalue weighted by Gasteiger charge is 2.72. The lowest BCUT2D eigenvalue weighted by molar-refractivity contribution is -0.131. The van der Waals surface area contributed by atoms with Gasteiger partial charge in [0.2, 0.25) is 0 Å². The van der Waals surface area contributed by atoms with E-state index >= 15 is 0 Å². The first kappa shape index (κ1) is 20.5. The second-order valence-corrected chi connectivity index (χ2v) is 12.2. The summed E-state index contributed by atoms with van der Waals surface area (Å²) in [4.78, 5) is 17.9. The molecule has 5 fully saturated rings. The molecule has 2 heterocycles. The zero-order valence-corrected chi connectivity index (χ0v) is 19.4. The highest BCUT2D eigenvalue weighted by atomic mass is 19.1. The molecule has 176 valence electrons. The van der Waals surface area contributed by atoms with E-state index in [4.69, 9.17) is 0 Å². The molecule has 5 saturated carbocycles. The van der Waals surface area contributed by atoms with Crippen molar-refractivity contribution in [1.29, 1.82) is 0 Å². The Morgan fingerprint density at radius 3 is 2.73 bits per heavy atom. The van der Waals surface area contributed by atoms with Crippen LogP contribution in [0.1, 0.15) is 58.3 Å². The second kappa shape index (κ2) is 6.87. The number of halogens is 1. The van der Waals surface area contributed by atoms with E-state index in [2.05, 4.69) is 17.0 Å². The topological polar surface area (TPSA) is 68.0 Å². The second-order valence-electron chi connectivity index (χ2n) is 12.2. The lowest BCUT2D eigenvalue weighted by Crippen LogP contribution is -2.50. The first-order valence-electron chi connectivity index (χ1n) is 13.1. The van der Waals surface area contributed by atoms with Crippen LogP contribution in [0.2, 0.25) is 0 Å². The van der Waals surface area contributed by atoms with Gasteiger partial charge in [-0.3, -0.25) is 14.5 Å². The van der Waals surface area contributed by atoms with Gasteiger partial charge in [0, 0.05) is 18.0 Å². The van der Waals surface area contributed by atoms with Crippen molar-refractivity contribution in [3.05, 3.63) is 24.5 Å². The molecule has 0 saturated heterocycles. The number of hydrogen-bond acceptors (Lipinski definition) is 4. The van der Waals surface area contributed by atoms with Crippen molar-refractivity contribution < 1.29 is 14.3 Å². The van der Waals surface area contributed by atoms with Gasteiger partial charge in [-0.15, -0.1) is 0 Å². The van der Waals surface area contributed by atoms with E-state index in [0.717, 1.165) is 49.6 Å². The number of carbonyl (C=O) groups excluding carboxylic acids is 1. The van der Waals surface area contributed by atoms with Crippen molar-refractivity contribution >= 4 is 16.8 Å². The molecule has 2 unspecified atom stereocenters. The molecule has 1 N–H and O–H groups in total. The Morgan fingerprint density at radius 1 is 1.09 bits per heavy atom. The monoisotopic (exact) mass is 451 g/mol. The van der Waals surface area contributed by atoms with Crippen LogP contribution in [0.25, 0.3) is 11.0 Å². The summed E-state index contributed by atoms with van der Waals surface area (Å²) in [5.74, 6) is 3.23. The van der Waals surface area contributed by atoms with Crippen molar-refractivity contribution in [2.24, 2.45) is 46.8 Å². The molecule has 0 aliphatic heterocycles. The first-order valence-corrected chi connectivity index (χ1v) is 13.1. The number of alkyl halides is 1. The van der Waals surface area contributed by atoms with Gasteiger partial charge in [-0.2, -0.15) is 5.10 Å². The van der Waals surface area contributed by atoms with Crippen molar-refractivity contribution in [3.63, 3.8) is 0 Å². The lowest BCUT2D eigenvalue weighted by atomic mass is 9.49. The maximum atomic E-state index is 14.4. The lowest BCUT2D eigenvalue weighted by Gasteiger charge is -2.55. The Bertz CT molecular complexity index is 1080. The molecule has 0 aromatic carbocycles. The fraction of sp³-hybridized carbons (Fsp3) is 0.741. The van der Waals surface area contributed by atoms with Crippen LogP contribution in [0.5, 0.6) is 0 Å². The van der Waals surface area contributed by atoms with Gasteiger partial charge in [0.25, 0.3) is 0 Å². The summed E-state index contributed by atoms with van der Waals surface area (Å²) in [6.45, 7) is 2.72. The number of aromatic nitrogens is 3. The summed E-state index contributed by atoms with van der Waals surface area (Å²) < 4.78 is 16.2. The number of hydrogen-bond donors (Lipinski definition) is 1. The van der Waals surface area contributed by atoms with Gasteiger partial charge < -0.3 is 5.11 Å². The molecule has 0 radical (unpaired) electrons. The van der Waals surface area contributed by atoms with E-state index in [1.165, 1.54) is 6.42 Å². The molecule has 33 heavy (non-hydrogen) atoms. The van der Waals surface area contributed by atoms with Crippen LogP contribution >= 0.6 is 0 Å². The maximum Gasteiger partial charge on any atom is 0.157 e. The molecule has 5 aliphatic carbocycles. The van der Waals surface area contributed by atoms with Gasteiger partial charge in [0.1, 0.15) is 22.8 Å². The summed E-state index contributed by atoms with van der Waals surface area (Å²) in [6, 6.07) is 3.81. The molecule has 6 heteroatoms. The molecule has 5 aliphatic rings. The molecular weight excluding hydrogens is 417 g/mol. The van der Waals surface area contributed by atoms with E-state index in [1.54, 1.807) is 10.9 Å². The first-order chi connectivity index (χ1) is 15.9. The quantitative estimate of drug-likeness (QED) is 0.742. The van der Waals surface area contributed by atoms with Crippen molar-refractivity contribution in [3.8, 4) is 0 Å². The Balaban J connectivity index is 1.09. The predicted molar refractivity (Wildman–Crippen MR) is 122 cm³/mol. The smallest absolute Gasteiger partial charge is 0.157 e. The number of Topliss-reactive ketones (excluding diaryl/α,β-unsaturated/α-hetero) is 1. The van der Waals surface area contributed by atoms with Crippen LogP contribution in [0.15, 0.2) is 24.5 Å². The Labute approximate surface area is 194 Å². The minimum atomic E-state index is -0.991. The molecule has 5 nitrogen and oxygen atoms in total. The molecule has 7 rings (SSSR count). The normalized spacial score (nSPS) is 48.0. The highest BCUT2D eigenvalue weighted by Crippen LogP contribution is 2.69. The van der Waals surface area contributed by atoms with Gasteiger partial charge in [-0.1, -0.05) is 6.92 Å². The number of fused-ring (bicyclic) bond motifs is 8. The molecule has 2 aromatic heterocycles. The van der Waals surface area contributed by atoms with Crippen LogP contribution in [-0.4, -0.2) is 37.4 Å². The summed E-state index contributed by atoms with van der Waals surface area (Å²) in [7, 11) is 0. The molecule has 0 bridgehead atoms. The minimum Gasteiger partial charge on any atom is -0.386 e. The average Bonchev–Trinajstić information content (AvgIpc) is 3.10. The zero-order valence-electron chi connectivity index (χ0n) is 19.4. The number of pyridine rings is 1. The third-order valence-corrected chi connectivity index (χ3v) is 11.1. The van der Waals surface area contributed by atoms with Gasteiger partial charge >= 0.3 is 0 Å². The van der Waals surface area contributed by atoms with E-state index in [0.29, 0.717) is 48.3 Å². The summed E-state index contributed by atoms with van der Waals surface area (Å²) in [5.41, 5.74) is 0.759. The van der Waals surface area contributed by atoms with E-state index in [-0.39, 0.29) is 17.3 Å². The predicted octanol–water partition coefficient (Wildman–Crippen LogP) is 4.58. The minimum absolute atomic E-state index is 0.0769. The van der Waals surface area contributed by atoms with E-state index in [9.17, 15) is 14.3 Å². The maximum absolute atomic E-state index is 14.4. The molecule has 0 spiro atoms. The molecular formula is C27H34FN3O2. The van der Waals surface area contributed by atoms with Crippen LogP contribution in [0.4, 0.5) is 4.39 Å². The van der Waals surface area contributed by atoms with Gasteiger partial charge in [-0.25, -0.2) is 4.39 Å². The summed E-state index contributed by atoms with van der Waals surface area (Å²) >= 11 is 0. The van der Waals surface area contributed by atoms with Crippen LogP contribution in [0, 0.1) is 46.8 Å².